The lowest BCUT2D eigenvalue weighted by Gasteiger charge is -2.23. The minimum Gasteiger partial charge on any atom is -0.488 e. The number of hydrogen-bond donors (Lipinski definition) is 1. The van der Waals surface area contributed by atoms with E-state index in [1.807, 2.05) is 24.3 Å². The van der Waals surface area contributed by atoms with Crippen molar-refractivity contribution in [2.24, 2.45) is 0 Å². The predicted molar refractivity (Wildman–Crippen MR) is 72.7 cm³/mol. The van der Waals surface area contributed by atoms with Crippen LogP contribution < -0.4 is 10.1 Å². The van der Waals surface area contributed by atoms with Gasteiger partial charge in [0.1, 0.15) is 23.5 Å². The third-order valence-electron chi connectivity index (χ3n) is 3.65. The minimum absolute atomic E-state index is 0.242. The Morgan fingerprint density at radius 1 is 1.20 bits per heavy atom. The highest BCUT2D eigenvalue weighted by Crippen LogP contribution is 2.34. The molecule has 1 heterocycles. The molecule has 4 heteroatoms. The Kier molecular flexibility index (Phi) is 3.40. The van der Waals surface area contributed by atoms with Crippen molar-refractivity contribution in [1.82, 2.24) is 5.32 Å². The molecule has 2 aromatic rings. The fourth-order valence-electron chi connectivity index (χ4n) is 2.69. The van der Waals surface area contributed by atoms with Crippen molar-refractivity contribution < 1.29 is 13.5 Å². The summed E-state index contributed by atoms with van der Waals surface area (Å²) in [6.07, 6.45) is 0.436. The monoisotopic (exact) mass is 275 g/mol. The Bertz CT molecular complexity index is 605. The normalized spacial score (nSPS) is 18.4. The zero-order valence-corrected chi connectivity index (χ0v) is 11.1. The van der Waals surface area contributed by atoms with Crippen LogP contribution in [-0.2, 0) is 6.42 Å². The Hall–Kier alpha value is -1.94. The molecule has 0 radical (unpaired) electrons. The topological polar surface area (TPSA) is 21.3 Å². The molecular weight excluding hydrogens is 260 g/mol. The molecular formula is C16H15F2NO. The van der Waals surface area contributed by atoms with E-state index in [9.17, 15) is 8.78 Å². The van der Waals surface area contributed by atoms with Gasteiger partial charge in [-0.1, -0.05) is 18.2 Å². The van der Waals surface area contributed by atoms with E-state index in [4.69, 9.17) is 4.74 Å². The van der Waals surface area contributed by atoms with Gasteiger partial charge in [-0.25, -0.2) is 8.78 Å². The van der Waals surface area contributed by atoms with Gasteiger partial charge in [0.2, 0.25) is 0 Å². The van der Waals surface area contributed by atoms with Gasteiger partial charge in [0.05, 0.1) is 6.04 Å². The van der Waals surface area contributed by atoms with Gasteiger partial charge in [-0.05, 0) is 36.9 Å². The van der Waals surface area contributed by atoms with Gasteiger partial charge in [-0.2, -0.15) is 0 Å². The predicted octanol–water partition coefficient (Wildman–Crippen LogP) is 3.23. The van der Waals surface area contributed by atoms with E-state index in [0.717, 1.165) is 23.4 Å². The SMILES string of the molecule is CNC(c1cc(F)ccc1F)C1Cc2ccccc2O1. The highest BCUT2D eigenvalue weighted by molar-refractivity contribution is 5.38. The first kappa shape index (κ1) is 13.1. The summed E-state index contributed by atoms with van der Waals surface area (Å²) in [5.74, 6) is -0.0583. The molecule has 2 unspecified atom stereocenters. The summed E-state index contributed by atoms with van der Waals surface area (Å²) in [6.45, 7) is 0. The highest BCUT2D eigenvalue weighted by Gasteiger charge is 2.32. The van der Waals surface area contributed by atoms with E-state index in [2.05, 4.69) is 5.32 Å². The molecule has 3 rings (SSSR count). The average Bonchev–Trinajstić information content (AvgIpc) is 2.87. The molecule has 1 aliphatic rings. The maximum Gasteiger partial charge on any atom is 0.128 e. The number of halogens is 2. The summed E-state index contributed by atoms with van der Waals surface area (Å²) in [5.41, 5.74) is 1.39. The number of likely N-dealkylation sites (N-methyl/N-ethyl adjacent to an activating group) is 1. The number of hydrogen-bond acceptors (Lipinski definition) is 2. The second kappa shape index (κ2) is 5.21. The molecule has 104 valence electrons. The first-order valence-corrected chi connectivity index (χ1v) is 6.56. The lowest BCUT2D eigenvalue weighted by atomic mass is 9.97. The van der Waals surface area contributed by atoms with Crippen LogP contribution in [0.3, 0.4) is 0 Å². The van der Waals surface area contributed by atoms with Crippen LogP contribution in [0, 0.1) is 11.6 Å². The molecule has 0 bridgehead atoms. The molecule has 2 atom stereocenters. The number of fused-ring (bicyclic) bond motifs is 1. The van der Waals surface area contributed by atoms with Gasteiger partial charge in [-0.3, -0.25) is 0 Å². The first-order chi connectivity index (χ1) is 9.69. The largest absolute Gasteiger partial charge is 0.488 e. The molecule has 20 heavy (non-hydrogen) atoms. The maximum atomic E-state index is 13.9. The number of rotatable bonds is 3. The summed E-state index contributed by atoms with van der Waals surface area (Å²) < 4.78 is 33.1. The second-order valence-electron chi connectivity index (χ2n) is 4.90. The fraction of sp³-hybridized carbons (Fsp3) is 0.250. The zero-order chi connectivity index (χ0) is 14.1. The van der Waals surface area contributed by atoms with Crippen LogP contribution in [0.1, 0.15) is 17.2 Å². The number of nitrogens with one attached hydrogen (secondary N) is 1. The lowest BCUT2D eigenvalue weighted by molar-refractivity contribution is 0.181. The van der Waals surface area contributed by atoms with Crippen molar-refractivity contribution in [3.8, 4) is 5.75 Å². The quantitative estimate of drug-likeness (QED) is 0.928. The first-order valence-electron chi connectivity index (χ1n) is 6.56. The smallest absolute Gasteiger partial charge is 0.128 e. The number of benzene rings is 2. The third kappa shape index (κ3) is 2.27. The molecule has 0 saturated carbocycles. The second-order valence-corrected chi connectivity index (χ2v) is 4.90. The summed E-state index contributed by atoms with van der Waals surface area (Å²) in [7, 11) is 1.72. The number of para-hydroxylation sites is 1. The fourth-order valence-corrected chi connectivity index (χ4v) is 2.69. The Labute approximate surface area is 116 Å². The van der Waals surface area contributed by atoms with Crippen molar-refractivity contribution in [3.63, 3.8) is 0 Å². The summed E-state index contributed by atoms with van der Waals surface area (Å²) >= 11 is 0. The van der Waals surface area contributed by atoms with Crippen molar-refractivity contribution in [2.45, 2.75) is 18.6 Å². The molecule has 0 spiro atoms. The maximum absolute atomic E-state index is 13.9. The minimum atomic E-state index is -0.447. The van der Waals surface area contributed by atoms with Gasteiger partial charge < -0.3 is 10.1 Å². The van der Waals surface area contributed by atoms with Crippen molar-refractivity contribution in [1.29, 1.82) is 0 Å². The molecule has 0 aliphatic carbocycles. The van der Waals surface area contributed by atoms with Gasteiger partial charge in [-0.15, -0.1) is 0 Å². The molecule has 2 nitrogen and oxygen atoms in total. The van der Waals surface area contributed by atoms with E-state index in [-0.39, 0.29) is 6.10 Å². The van der Waals surface area contributed by atoms with E-state index in [1.165, 1.54) is 6.07 Å². The number of ether oxygens (including phenoxy) is 1. The summed E-state index contributed by atoms with van der Waals surface area (Å²) in [4.78, 5) is 0. The molecule has 0 fully saturated rings. The average molecular weight is 275 g/mol. The van der Waals surface area contributed by atoms with Crippen LogP contribution in [0.4, 0.5) is 8.78 Å². The van der Waals surface area contributed by atoms with Crippen LogP contribution in [0.2, 0.25) is 0 Å². The van der Waals surface area contributed by atoms with Crippen LogP contribution in [0.25, 0.3) is 0 Å². The van der Waals surface area contributed by atoms with Crippen LogP contribution >= 0.6 is 0 Å². The molecule has 1 aliphatic heterocycles. The van der Waals surface area contributed by atoms with Gasteiger partial charge >= 0.3 is 0 Å². The van der Waals surface area contributed by atoms with E-state index >= 15 is 0 Å². The van der Waals surface area contributed by atoms with Crippen molar-refractivity contribution >= 4 is 0 Å². The van der Waals surface area contributed by atoms with E-state index < -0.39 is 17.7 Å². The zero-order valence-electron chi connectivity index (χ0n) is 11.1. The highest BCUT2D eigenvalue weighted by atomic mass is 19.1. The Balaban J connectivity index is 1.91. The Morgan fingerprint density at radius 3 is 2.75 bits per heavy atom. The molecule has 0 amide bonds. The Morgan fingerprint density at radius 2 is 2.00 bits per heavy atom. The van der Waals surface area contributed by atoms with Gasteiger partial charge in [0.25, 0.3) is 0 Å². The standard InChI is InChI=1S/C16H15F2NO/c1-19-16(12-9-11(17)6-7-13(12)18)15-8-10-4-2-3-5-14(10)20-15/h2-7,9,15-16,19H,8H2,1H3. The van der Waals surface area contributed by atoms with Crippen molar-refractivity contribution in [3.05, 3.63) is 65.2 Å². The third-order valence-corrected chi connectivity index (χ3v) is 3.65. The van der Waals surface area contributed by atoms with E-state index in [0.29, 0.717) is 12.0 Å². The molecule has 2 aromatic carbocycles. The molecule has 0 saturated heterocycles. The summed E-state index contributed by atoms with van der Waals surface area (Å²) in [5, 5.41) is 3.03. The molecule has 1 N–H and O–H groups in total. The van der Waals surface area contributed by atoms with E-state index in [1.54, 1.807) is 7.05 Å². The molecule has 0 aromatic heterocycles. The lowest BCUT2D eigenvalue weighted by Crippen LogP contribution is -2.33. The van der Waals surface area contributed by atoms with Crippen LogP contribution in [0.5, 0.6) is 5.75 Å². The summed E-state index contributed by atoms with van der Waals surface area (Å²) in [6, 6.07) is 10.8. The van der Waals surface area contributed by atoms with Crippen molar-refractivity contribution in [2.75, 3.05) is 7.05 Å². The van der Waals surface area contributed by atoms with Crippen LogP contribution in [-0.4, -0.2) is 13.2 Å². The van der Waals surface area contributed by atoms with Gasteiger partial charge in [0.15, 0.2) is 0 Å². The van der Waals surface area contributed by atoms with Gasteiger partial charge in [0, 0.05) is 12.0 Å². The van der Waals surface area contributed by atoms with Crippen LogP contribution in [0.15, 0.2) is 42.5 Å².